The second kappa shape index (κ2) is 5.93. The van der Waals surface area contributed by atoms with Crippen molar-refractivity contribution in [2.75, 3.05) is 13.6 Å². The molecule has 0 aliphatic heterocycles. The number of nitrogens with one attached hydrogen (secondary N) is 2. The Labute approximate surface area is 97.0 Å². The van der Waals surface area contributed by atoms with Crippen LogP contribution in [0.2, 0.25) is 0 Å². The molecular weight excluding hydrogens is 230 g/mol. The second-order valence-electron chi connectivity index (χ2n) is 3.30. The molecule has 4 nitrogen and oxygen atoms in total. The molecule has 92 valence electrons. The third-order valence-electron chi connectivity index (χ3n) is 2.09. The molecule has 0 bridgehead atoms. The lowest BCUT2D eigenvalue weighted by Gasteiger charge is -2.05. The lowest BCUT2D eigenvalue weighted by Crippen LogP contribution is -2.29. The van der Waals surface area contributed by atoms with E-state index in [1.165, 1.54) is 7.05 Å². The van der Waals surface area contributed by atoms with Crippen LogP contribution < -0.4 is 10.6 Å². The van der Waals surface area contributed by atoms with Crippen LogP contribution in [0.4, 0.5) is 8.78 Å². The minimum absolute atomic E-state index is 0.0926. The number of amides is 2. The van der Waals surface area contributed by atoms with Crippen molar-refractivity contribution in [3.8, 4) is 0 Å². The Hall–Kier alpha value is -1.98. The van der Waals surface area contributed by atoms with Gasteiger partial charge in [0.2, 0.25) is 5.91 Å². The van der Waals surface area contributed by atoms with Crippen LogP contribution in [0.1, 0.15) is 16.8 Å². The maximum atomic E-state index is 13.2. The van der Waals surface area contributed by atoms with Gasteiger partial charge in [0.25, 0.3) is 5.91 Å². The van der Waals surface area contributed by atoms with Crippen LogP contribution in [0.15, 0.2) is 18.2 Å². The highest BCUT2D eigenvalue weighted by Gasteiger charge is 2.12. The first kappa shape index (κ1) is 13.1. The number of hydrogen-bond donors (Lipinski definition) is 2. The zero-order chi connectivity index (χ0) is 12.8. The van der Waals surface area contributed by atoms with Crippen molar-refractivity contribution >= 4 is 11.8 Å². The molecule has 0 spiro atoms. The summed E-state index contributed by atoms with van der Waals surface area (Å²) >= 11 is 0. The molecular formula is C11H12F2N2O2. The van der Waals surface area contributed by atoms with Crippen LogP contribution in [-0.4, -0.2) is 25.4 Å². The number of carbonyl (C=O) groups is 2. The fourth-order valence-electron chi connectivity index (χ4n) is 1.18. The van der Waals surface area contributed by atoms with Crippen molar-refractivity contribution in [2.45, 2.75) is 6.42 Å². The maximum absolute atomic E-state index is 13.2. The van der Waals surface area contributed by atoms with E-state index in [1.807, 2.05) is 0 Å². The average Bonchev–Trinajstić information content (AvgIpc) is 2.28. The summed E-state index contributed by atoms with van der Waals surface area (Å²) in [5.41, 5.74) is -0.247. The molecule has 0 saturated heterocycles. The van der Waals surface area contributed by atoms with Gasteiger partial charge in [0.1, 0.15) is 11.6 Å². The first-order chi connectivity index (χ1) is 8.04. The van der Waals surface area contributed by atoms with Crippen LogP contribution in [0.3, 0.4) is 0 Å². The fourth-order valence-corrected chi connectivity index (χ4v) is 1.18. The second-order valence-corrected chi connectivity index (χ2v) is 3.30. The Morgan fingerprint density at radius 3 is 2.59 bits per heavy atom. The molecule has 17 heavy (non-hydrogen) atoms. The largest absolute Gasteiger partial charge is 0.359 e. The van der Waals surface area contributed by atoms with Crippen molar-refractivity contribution in [2.24, 2.45) is 0 Å². The summed E-state index contributed by atoms with van der Waals surface area (Å²) in [6, 6.07) is 2.68. The van der Waals surface area contributed by atoms with E-state index in [0.29, 0.717) is 6.07 Å². The molecule has 0 saturated carbocycles. The summed E-state index contributed by atoms with van der Waals surface area (Å²) in [6.07, 6.45) is 0.102. The summed E-state index contributed by atoms with van der Waals surface area (Å²) in [4.78, 5) is 22.3. The SMILES string of the molecule is CNC(=O)CCNC(=O)c1ccc(F)cc1F. The average molecular weight is 242 g/mol. The molecule has 1 aromatic rings. The Morgan fingerprint density at radius 2 is 2.00 bits per heavy atom. The Bertz CT molecular complexity index is 435. The molecule has 0 aliphatic rings. The van der Waals surface area contributed by atoms with Gasteiger partial charge in [-0.15, -0.1) is 0 Å². The number of hydrogen-bond acceptors (Lipinski definition) is 2. The highest BCUT2D eigenvalue weighted by atomic mass is 19.1. The molecule has 6 heteroatoms. The molecule has 1 rings (SSSR count). The highest BCUT2D eigenvalue weighted by molar-refractivity contribution is 5.94. The van der Waals surface area contributed by atoms with Gasteiger partial charge in [-0.25, -0.2) is 8.78 Å². The van der Waals surface area contributed by atoms with Crippen LogP contribution in [0.5, 0.6) is 0 Å². The van der Waals surface area contributed by atoms with Crippen molar-refractivity contribution in [3.63, 3.8) is 0 Å². The van der Waals surface area contributed by atoms with Crippen LogP contribution >= 0.6 is 0 Å². The molecule has 1 aromatic carbocycles. The summed E-state index contributed by atoms with van der Waals surface area (Å²) in [5, 5.41) is 4.75. The van der Waals surface area contributed by atoms with Gasteiger partial charge in [0.15, 0.2) is 0 Å². The lowest BCUT2D eigenvalue weighted by molar-refractivity contribution is -0.120. The van der Waals surface area contributed by atoms with Crippen molar-refractivity contribution < 1.29 is 18.4 Å². The number of rotatable bonds is 4. The maximum Gasteiger partial charge on any atom is 0.254 e. The van der Waals surface area contributed by atoms with E-state index in [1.54, 1.807) is 0 Å². The zero-order valence-electron chi connectivity index (χ0n) is 9.22. The molecule has 0 radical (unpaired) electrons. The standard InChI is InChI=1S/C11H12F2N2O2/c1-14-10(16)4-5-15-11(17)8-3-2-7(12)6-9(8)13/h2-3,6H,4-5H2,1H3,(H,14,16)(H,15,17). The highest BCUT2D eigenvalue weighted by Crippen LogP contribution is 2.09. The van der Waals surface area contributed by atoms with Crippen molar-refractivity contribution in [1.82, 2.24) is 10.6 Å². The van der Waals surface area contributed by atoms with E-state index >= 15 is 0 Å². The predicted octanol–water partition coefficient (Wildman–Crippen LogP) is 0.831. The fraction of sp³-hybridized carbons (Fsp3) is 0.273. The molecule has 2 amide bonds. The Balaban J connectivity index is 2.55. The molecule has 0 unspecified atom stereocenters. The van der Waals surface area contributed by atoms with Crippen LogP contribution in [0, 0.1) is 11.6 Å². The Kier molecular flexibility index (Phi) is 4.56. The first-order valence-electron chi connectivity index (χ1n) is 4.98. The molecule has 0 fully saturated rings. The minimum atomic E-state index is -0.928. The van der Waals surface area contributed by atoms with Crippen LogP contribution in [0.25, 0.3) is 0 Å². The van der Waals surface area contributed by atoms with Gasteiger partial charge in [-0.1, -0.05) is 0 Å². The molecule has 0 aromatic heterocycles. The first-order valence-corrected chi connectivity index (χ1v) is 4.98. The van der Waals surface area contributed by atoms with Crippen molar-refractivity contribution in [1.29, 1.82) is 0 Å². The third-order valence-corrected chi connectivity index (χ3v) is 2.09. The van der Waals surface area contributed by atoms with Gasteiger partial charge in [-0.3, -0.25) is 9.59 Å². The van der Waals surface area contributed by atoms with E-state index in [2.05, 4.69) is 10.6 Å². The van der Waals surface area contributed by atoms with E-state index in [0.717, 1.165) is 12.1 Å². The smallest absolute Gasteiger partial charge is 0.254 e. The molecule has 0 aliphatic carbocycles. The van der Waals surface area contributed by atoms with E-state index in [4.69, 9.17) is 0 Å². The molecule has 0 atom stereocenters. The summed E-state index contributed by atoms with van der Waals surface area (Å²) < 4.78 is 25.8. The van der Waals surface area contributed by atoms with Gasteiger partial charge < -0.3 is 10.6 Å². The number of carbonyl (C=O) groups excluding carboxylic acids is 2. The monoisotopic (exact) mass is 242 g/mol. The van der Waals surface area contributed by atoms with Gasteiger partial charge in [0, 0.05) is 26.1 Å². The van der Waals surface area contributed by atoms with Gasteiger partial charge >= 0.3 is 0 Å². The molecule has 2 N–H and O–H groups in total. The minimum Gasteiger partial charge on any atom is -0.359 e. The lowest BCUT2D eigenvalue weighted by atomic mass is 10.2. The van der Waals surface area contributed by atoms with E-state index in [9.17, 15) is 18.4 Å². The number of halogens is 2. The van der Waals surface area contributed by atoms with Crippen LogP contribution in [-0.2, 0) is 4.79 Å². The zero-order valence-corrected chi connectivity index (χ0v) is 9.22. The normalized spacial score (nSPS) is 9.82. The quantitative estimate of drug-likeness (QED) is 0.821. The molecule has 0 heterocycles. The van der Waals surface area contributed by atoms with Gasteiger partial charge in [-0.05, 0) is 12.1 Å². The predicted molar refractivity (Wildman–Crippen MR) is 57.4 cm³/mol. The summed E-state index contributed by atoms with van der Waals surface area (Å²) in [7, 11) is 1.48. The van der Waals surface area contributed by atoms with Gasteiger partial charge in [0.05, 0.1) is 5.56 Å². The van der Waals surface area contributed by atoms with E-state index in [-0.39, 0.29) is 24.4 Å². The van der Waals surface area contributed by atoms with Crippen molar-refractivity contribution in [3.05, 3.63) is 35.4 Å². The topological polar surface area (TPSA) is 58.2 Å². The Morgan fingerprint density at radius 1 is 1.29 bits per heavy atom. The number of benzene rings is 1. The summed E-state index contributed by atoms with van der Waals surface area (Å²) in [6.45, 7) is 0.0926. The van der Waals surface area contributed by atoms with Gasteiger partial charge in [-0.2, -0.15) is 0 Å². The summed E-state index contributed by atoms with van der Waals surface area (Å²) in [5.74, 6) is -2.58. The third kappa shape index (κ3) is 3.82. The van der Waals surface area contributed by atoms with E-state index < -0.39 is 17.5 Å².